The van der Waals surface area contributed by atoms with Crippen molar-refractivity contribution in [3.63, 3.8) is 0 Å². The Morgan fingerprint density at radius 2 is 1.77 bits per heavy atom. The molecule has 0 saturated heterocycles. The SMILES string of the molecule is CCC(NC(=O)c1ccc2c(c1)C(=O)N(Cc1ccco1)C2=O)c1ccc(C)cc1. The van der Waals surface area contributed by atoms with Gasteiger partial charge in [0.1, 0.15) is 5.76 Å². The van der Waals surface area contributed by atoms with Crippen LogP contribution in [0.15, 0.2) is 65.3 Å². The van der Waals surface area contributed by atoms with Gasteiger partial charge in [0, 0.05) is 5.56 Å². The van der Waals surface area contributed by atoms with Gasteiger partial charge < -0.3 is 9.73 Å². The van der Waals surface area contributed by atoms with E-state index < -0.39 is 5.91 Å². The molecule has 3 amide bonds. The Morgan fingerprint density at radius 1 is 1.03 bits per heavy atom. The van der Waals surface area contributed by atoms with Crippen molar-refractivity contribution in [3.05, 3.63) is 94.4 Å². The highest BCUT2D eigenvalue weighted by Gasteiger charge is 2.36. The molecule has 4 rings (SSSR count). The second-order valence-corrected chi connectivity index (χ2v) is 7.38. The zero-order valence-corrected chi connectivity index (χ0v) is 16.8. The van der Waals surface area contributed by atoms with E-state index in [2.05, 4.69) is 5.32 Å². The molecule has 2 aromatic carbocycles. The van der Waals surface area contributed by atoms with Gasteiger partial charge in [-0.25, -0.2) is 0 Å². The van der Waals surface area contributed by atoms with Crippen molar-refractivity contribution in [2.24, 2.45) is 0 Å². The quantitative estimate of drug-likeness (QED) is 0.625. The molecule has 1 aliphatic heterocycles. The normalized spacial score (nSPS) is 14.0. The number of carbonyl (C=O) groups is 3. The van der Waals surface area contributed by atoms with Crippen LogP contribution in [0.3, 0.4) is 0 Å². The van der Waals surface area contributed by atoms with E-state index in [1.807, 2.05) is 38.1 Å². The molecule has 1 aromatic heterocycles. The number of hydrogen-bond donors (Lipinski definition) is 1. The van der Waals surface area contributed by atoms with Crippen LogP contribution in [-0.4, -0.2) is 22.6 Å². The van der Waals surface area contributed by atoms with Gasteiger partial charge in [0.25, 0.3) is 17.7 Å². The molecule has 0 saturated carbocycles. The summed E-state index contributed by atoms with van der Waals surface area (Å²) in [4.78, 5) is 39.4. The molecule has 1 N–H and O–H groups in total. The fraction of sp³-hybridized carbons (Fsp3) is 0.208. The summed E-state index contributed by atoms with van der Waals surface area (Å²) in [6.07, 6.45) is 2.22. The van der Waals surface area contributed by atoms with E-state index in [1.165, 1.54) is 12.3 Å². The van der Waals surface area contributed by atoms with Gasteiger partial charge >= 0.3 is 0 Å². The van der Waals surface area contributed by atoms with E-state index in [-0.39, 0.29) is 30.0 Å². The van der Waals surface area contributed by atoms with Crippen LogP contribution in [0.4, 0.5) is 0 Å². The van der Waals surface area contributed by atoms with Gasteiger partial charge in [-0.1, -0.05) is 36.8 Å². The third-order valence-electron chi connectivity index (χ3n) is 5.32. The first-order valence-corrected chi connectivity index (χ1v) is 9.88. The molecule has 3 aromatic rings. The number of imide groups is 1. The summed E-state index contributed by atoms with van der Waals surface area (Å²) >= 11 is 0. The topological polar surface area (TPSA) is 79.6 Å². The highest BCUT2D eigenvalue weighted by molar-refractivity contribution is 6.22. The number of hydrogen-bond acceptors (Lipinski definition) is 4. The molecule has 0 radical (unpaired) electrons. The maximum atomic E-state index is 12.8. The summed E-state index contributed by atoms with van der Waals surface area (Å²) in [5.74, 6) is -0.572. The van der Waals surface area contributed by atoms with Crippen molar-refractivity contribution < 1.29 is 18.8 Å². The Kier molecular flexibility index (Phi) is 5.23. The summed E-state index contributed by atoms with van der Waals surface area (Å²) in [5, 5.41) is 3.02. The average molecular weight is 402 g/mol. The van der Waals surface area contributed by atoms with E-state index in [4.69, 9.17) is 4.42 Å². The lowest BCUT2D eigenvalue weighted by Crippen LogP contribution is -2.29. The molecule has 1 atom stereocenters. The van der Waals surface area contributed by atoms with Crippen molar-refractivity contribution in [3.8, 4) is 0 Å². The molecule has 0 spiro atoms. The number of aryl methyl sites for hydroxylation is 1. The van der Waals surface area contributed by atoms with Crippen LogP contribution < -0.4 is 5.32 Å². The van der Waals surface area contributed by atoms with Crippen LogP contribution >= 0.6 is 0 Å². The molecule has 1 aliphatic rings. The summed E-state index contributed by atoms with van der Waals surface area (Å²) in [6.45, 7) is 4.08. The molecule has 1 unspecified atom stereocenters. The number of furan rings is 1. The van der Waals surface area contributed by atoms with Crippen molar-refractivity contribution in [2.75, 3.05) is 0 Å². The second-order valence-electron chi connectivity index (χ2n) is 7.38. The predicted molar refractivity (Wildman–Crippen MR) is 111 cm³/mol. The standard InChI is InChI=1S/C24H22N2O4/c1-3-21(16-8-6-15(2)7-9-16)25-22(27)17-10-11-19-20(13-17)24(29)26(23(19)28)14-18-5-4-12-30-18/h4-13,21H,3,14H2,1-2H3,(H,25,27). The lowest BCUT2D eigenvalue weighted by Gasteiger charge is -2.18. The number of carbonyl (C=O) groups excluding carboxylic acids is 3. The number of nitrogens with one attached hydrogen (secondary N) is 1. The zero-order valence-electron chi connectivity index (χ0n) is 16.8. The van der Waals surface area contributed by atoms with Crippen LogP contribution in [0.25, 0.3) is 0 Å². The average Bonchev–Trinajstić information content (AvgIpc) is 3.35. The molecular weight excluding hydrogens is 380 g/mol. The summed E-state index contributed by atoms with van der Waals surface area (Å²) in [5.41, 5.74) is 3.06. The molecule has 6 nitrogen and oxygen atoms in total. The second kappa shape index (κ2) is 7.99. The predicted octanol–water partition coefficient (Wildman–Crippen LogP) is 4.27. The van der Waals surface area contributed by atoms with Crippen LogP contribution in [0.5, 0.6) is 0 Å². The Bertz CT molecular complexity index is 1100. The van der Waals surface area contributed by atoms with Crippen LogP contribution in [0, 0.1) is 6.92 Å². The van der Waals surface area contributed by atoms with E-state index in [0.717, 1.165) is 22.4 Å². The van der Waals surface area contributed by atoms with Gasteiger partial charge in [0.05, 0.1) is 30.0 Å². The smallest absolute Gasteiger partial charge is 0.261 e. The van der Waals surface area contributed by atoms with Crippen molar-refractivity contribution >= 4 is 17.7 Å². The zero-order chi connectivity index (χ0) is 21.3. The van der Waals surface area contributed by atoms with Gasteiger partial charge in [0.15, 0.2) is 0 Å². The third kappa shape index (κ3) is 3.64. The van der Waals surface area contributed by atoms with E-state index >= 15 is 0 Å². The van der Waals surface area contributed by atoms with Crippen LogP contribution in [0.1, 0.15) is 67.3 Å². The molecule has 2 heterocycles. The minimum atomic E-state index is -0.424. The van der Waals surface area contributed by atoms with Gasteiger partial charge in [-0.2, -0.15) is 0 Å². The highest BCUT2D eigenvalue weighted by atomic mass is 16.3. The van der Waals surface area contributed by atoms with E-state index in [9.17, 15) is 14.4 Å². The first-order valence-electron chi connectivity index (χ1n) is 9.88. The third-order valence-corrected chi connectivity index (χ3v) is 5.32. The molecule has 152 valence electrons. The van der Waals surface area contributed by atoms with E-state index in [1.54, 1.807) is 24.3 Å². The Hall–Kier alpha value is -3.67. The number of benzene rings is 2. The maximum absolute atomic E-state index is 12.8. The van der Waals surface area contributed by atoms with Crippen LogP contribution in [-0.2, 0) is 6.54 Å². The summed E-state index contributed by atoms with van der Waals surface area (Å²) in [6, 6.07) is 15.9. The van der Waals surface area contributed by atoms with Crippen LogP contribution in [0.2, 0.25) is 0 Å². The Morgan fingerprint density at radius 3 is 2.43 bits per heavy atom. The fourth-order valence-corrected chi connectivity index (χ4v) is 3.60. The van der Waals surface area contributed by atoms with Gasteiger partial charge in [-0.15, -0.1) is 0 Å². The molecule has 6 heteroatoms. The van der Waals surface area contributed by atoms with Crippen molar-refractivity contribution in [1.29, 1.82) is 0 Å². The molecule has 30 heavy (non-hydrogen) atoms. The molecular formula is C24H22N2O4. The number of amides is 3. The molecule has 0 aliphatic carbocycles. The number of fused-ring (bicyclic) bond motifs is 1. The lowest BCUT2D eigenvalue weighted by atomic mass is 10.0. The lowest BCUT2D eigenvalue weighted by molar-refractivity contribution is 0.0631. The number of rotatable bonds is 6. The first-order chi connectivity index (χ1) is 14.5. The minimum absolute atomic E-state index is 0.0617. The molecule has 0 bridgehead atoms. The molecule has 0 fully saturated rings. The fourth-order valence-electron chi connectivity index (χ4n) is 3.60. The van der Waals surface area contributed by atoms with Crippen molar-refractivity contribution in [2.45, 2.75) is 32.9 Å². The highest BCUT2D eigenvalue weighted by Crippen LogP contribution is 2.26. The van der Waals surface area contributed by atoms with Crippen molar-refractivity contribution in [1.82, 2.24) is 10.2 Å². The van der Waals surface area contributed by atoms with Gasteiger partial charge in [0.2, 0.25) is 0 Å². The monoisotopic (exact) mass is 402 g/mol. The summed E-state index contributed by atoms with van der Waals surface area (Å²) in [7, 11) is 0. The van der Waals surface area contributed by atoms with Gasteiger partial charge in [-0.3, -0.25) is 19.3 Å². The van der Waals surface area contributed by atoms with Gasteiger partial charge in [-0.05, 0) is 49.2 Å². The first kappa shape index (κ1) is 19.6. The maximum Gasteiger partial charge on any atom is 0.261 e. The Balaban J connectivity index is 1.54. The minimum Gasteiger partial charge on any atom is -0.467 e. The summed E-state index contributed by atoms with van der Waals surface area (Å²) < 4.78 is 5.25. The Labute approximate surface area is 174 Å². The number of nitrogens with zero attached hydrogens (tertiary/aromatic N) is 1. The van der Waals surface area contributed by atoms with E-state index in [0.29, 0.717) is 16.9 Å². The largest absolute Gasteiger partial charge is 0.467 e.